The summed E-state index contributed by atoms with van der Waals surface area (Å²) in [6, 6.07) is 21.6. The second-order valence-corrected chi connectivity index (χ2v) is 9.77. The maximum atomic E-state index is 13.8. The molecule has 2 heterocycles. The zero-order valence-corrected chi connectivity index (χ0v) is 21.1. The second kappa shape index (κ2) is 9.99. The summed E-state index contributed by atoms with van der Waals surface area (Å²) in [6.07, 6.45) is 0. The van der Waals surface area contributed by atoms with Gasteiger partial charge >= 0.3 is 0 Å². The maximum Gasteiger partial charge on any atom is 0.255 e. The molecule has 0 aliphatic carbocycles. The quantitative estimate of drug-likeness (QED) is 0.307. The zero-order chi connectivity index (χ0) is 25.2. The van der Waals surface area contributed by atoms with Crippen LogP contribution in [-0.4, -0.2) is 20.7 Å². The summed E-state index contributed by atoms with van der Waals surface area (Å²) >= 11 is 1.52. The van der Waals surface area contributed by atoms with E-state index < -0.39 is 6.04 Å². The summed E-state index contributed by atoms with van der Waals surface area (Å²) < 4.78 is 15.5. The van der Waals surface area contributed by atoms with Crippen molar-refractivity contribution in [1.82, 2.24) is 14.8 Å². The number of thioether (sulfide) groups is 1. The highest BCUT2D eigenvalue weighted by Crippen LogP contribution is 2.37. The summed E-state index contributed by atoms with van der Waals surface area (Å²) in [5.41, 5.74) is 5.92. The lowest BCUT2D eigenvalue weighted by Crippen LogP contribution is -2.31. The Kier molecular flexibility index (Phi) is 6.61. The fourth-order valence-corrected chi connectivity index (χ4v) is 5.09. The largest absolute Gasteiger partial charge is 0.328 e. The van der Waals surface area contributed by atoms with Crippen LogP contribution >= 0.6 is 11.8 Å². The molecule has 0 saturated heterocycles. The van der Waals surface area contributed by atoms with E-state index in [1.54, 1.807) is 16.8 Å². The summed E-state index contributed by atoms with van der Waals surface area (Å²) in [4.78, 5) is 18.3. The molecule has 1 aliphatic rings. The van der Waals surface area contributed by atoms with E-state index in [9.17, 15) is 9.18 Å². The van der Waals surface area contributed by atoms with Crippen molar-refractivity contribution >= 4 is 29.3 Å². The van der Waals surface area contributed by atoms with E-state index in [2.05, 4.69) is 27.8 Å². The molecular formula is C28H26FN5OS. The first-order valence-electron chi connectivity index (χ1n) is 11.6. The Morgan fingerprint density at radius 2 is 1.81 bits per heavy atom. The molecule has 0 bridgehead atoms. The number of allylic oxidation sites excluding steroid dienone is 1. The maximum absolute atomic E-state index is 13.8. The van der Waals surface area contributed by atoms with Gasteiger partial charge in [-0.05, 0) is 55.7 Å². The molecule has 5 rings (SSSR count). The molecule has 2 N–H and O–H groups in total. The van der Waals surface area contributed by atoms with E-state index >= 15 is 0 Å². The van der Waals surface area contributed by atoms with Crippen LogP contribution in [0.2, 0.25) is 0 Å². The number of benzene rings is 3. The highest BCUT2D eigenvalue weighted by atomic mass is 32.2. The summed E-state index contributed by atoms with van der Waals surface area (Å²) in [7, 11) is 0. The van der Waals surface area contributed by atoms with E-state index in [4.69, 9.17) is 5.10 Å². The van der Waals surface area contributed by atoms with Gasteiger partial charge in [-0.25, -0.2) is 9.07 Å². The van der Waals surface area contributed by atoms with Crippen LogP contribution in [0.4, 0.5) is 16.0 Å². The van der Waals surface area contributed by atoms with Crippen LogP contribution in [0, 0.1) is 19.7 Å². The van der Waals surface area contributed by atoms with Crippen LogP contribution in [0.15, 0.2) is 89.2 Å². The minimum atomic E-state index is -0.564. The smallest absolute Gasteiger partial charge is 0.255 e. The van der Waals surface area contributed by atoms with Gasteiger partial charge in [0.25, 0.3) is 5.91 Å². The third-order valence-electron chi connectivity index (χ3n) is 6.10. The number of nitrogens with zero attached hydrogens (tertiary/aromatic N) is 3. The van der Waals surface area contributed by atoms with Crippen LogP contribution in [0.1, 0.15) is 35.2 Å². The number of nitrogens with one attached hydrogen (secondary N) is 2. The van der Waals surface area contributed by atoms with Crippen molar-refractivity contribution in [2.75, 3.05) is 10.6 Å². The molecule has 0 spiro atoms. The van der Waals surface area contributed by atoms with E-state index in [-0.39, 0.29) is 11.7 Å². The van der Waals surface area contributed by atoms with Gasteiger partial charge in [-0.2, -0.15) is 4.98 Å². The molecule has 1 atom stereocenters. The SMILES string of the molecule is CC1=C(C(=O)Nc2ccc(C)cc2C)C(c2ccc(F)cc2)n2nc(SCc3ccccc3)nc2N1. The Morgan fingerprint density at radius 1 is 1.06 bits per heavy atom. The van der Waals surface area contributed by atoms with Crippen LogP contribution in [0.25, 0.3) is 0 Å². The van der Waals surface area contributed by atoms with Gasteiger partial charge in [0, 0.05) is 17.1 Å². The number of hydrogen-bond donors (Lipinski definition) is 2. The Bertz CT molecular complexity index is 1450. The molecule has 3 aromatic carbocycles. The minimum absolute atomic E-state index is 0.249. The number of anilines is 2. The van der Waals surface area contributed by atoms with E-state index in [0.29, 0.717) is 22.4 Å². The summed E-state index contributed by atoms with van der Waals surface area (Å²) in [5, 5.41) is 11.6. The van der Waals surface area contributed by atoms with Crippen molar-refractivity contribution in [3.63, 3.8) is 0 Å². The normalized spacial score (nSPS) is 14.8. The third-order valence-corrected chi connectivity index (χ3v) is 7.01. The van der Waals surface area contributed by atoms with Crippen LogP contribution in [-0.2, 0) is 10.5 Å². The Morgan fingerprint density at radius 3 is 2.53 bits per heavy atom. The number of aromatic nitrogens is 3. The number of carbonyl (C=O) groups is 1. The van der Waals surface area contributed by atoms with E-state index in [1.807, 2.05) is 57.2 Å². The molecule has 0 fully saturated rings. The van der Waals surface area contributed by atoms with Gasteiger partial charge in [-0.1, -0.05) is 71.9 Å². The number of fused-ring (bicyclic) bond motifs is 1. The van der Waals surface area contributed by atoms with Gasteiger partial charge < -0.3 is 10.6 Å². The first kappa shape index (κ1) is 23.8. The monoisotopic (exact) mass is 499 g/mol. The fourth-order valence-electron chi connectivity index (χ4n) is 4.31. The van der Waals surface area contributed by atoms with Crippen molar-refractivity contribution in [3.05, 3.63) is 112 Å². The van der Waals surface area contributed by atoms with E-state index in [0.717, 1.165) is 28.1 Å². The molecule has 1 aromatic heterocycles. The number of carbonyl (C=O) groups excluding carboxylic acids is 1. The van der Waals surface area contributed by atoms with Crippen LogP contribution in [0.5, 0.6) is 0 Å². The van der Waals surface area contributed by atoms with Gasteiger partial charge in [0.1, 0.15) is 11.9 Å². The molecular weight excluding hydrogens is 473 g/mol. The third kappa shape index (κ3) is 4.90. The number of amides is 1. The lowest BCUT2D eigenvalue weighted by Gasteiger charge is -2.28. The Labute approximate surface area is 213 Å². The Balaban J connectivity index is 1.50. The van der Waals surface area contributed by atoms with Gasteiger partial charge in [0.2, 0.25) is 11.1 Å². The standard InChI is InChI=1S/C28H26FN5OS/c1-17-9-14-23(18(2)15-17)31-26(35)24-19(3)30-27-32-28(36-16-20-7-5-4-6-8-20)33-34(27)25(24)21-10-12-22(29)13-11-21/h4-15,25H,16H2,1-3H3,(H,31,35)(H,30,32,33). The first-order chi connectivity index (χ1) is 17.4. The molecule has 182 valence electrons. The predicted octanol–water partition coefficient (Wildman–Crippen LogP) is 6.25. The van der Waals surface area contributed by atoms with Crippen molar-refractivity contribution in [1.29, 1.82) is 0 Å². The summed E-state index contributed by atoms with van der Waals surface area (Å²) in [5.74, 6) is 0.673. The van der Waals surface area contributed by atoms with Crippen LogP contribution in [0.3, 0.4) is 0 Å². The fraction of sp³-hybridized carbons (Fsp3) is 0.179. The molecule has 0 saturated carbocycles. The number of hydrogen-bond acceptors (Lipinski definition) is 5. The molecule has 1 aliphatic heterocycles. The number of rotatable bonds is 6. The van der Waals surface area contributed by atoms with Crippen molar-refractivity contribution in [2.24, 2.45) is 0 Å². The Hall–Kier alpha value is -3.91. The molecule has 6 nitrogen and oxygen atoms in total. The van der Waals surface area contributed by atoms with Crippen molar-refractivity contribution in [3.8, 4) is 0 Å². The average molecular weight is 500 g/mol. The topological polar surface area (TPSA) is 71.8 Å². The number of aryl methyl sites for hydroxylation is 2. The zero-order valence-electron chi connectivity index (χ0n) is 20.2. The van der Waals surface area contributed by atoms with Gasteiger partial charge in [0.05, 0.1) is 5.57 Å². The van der Waals surface area contributed by atoms with Gasteiger partial charge in [-0.15, -0.1) is 5.10 Å². The predicted molar refractivity (Wildman–Crippen MR) is 141 cm³/mol. The molecule has 8 heteroatoms. The highest BCUT2D eigenvalue weighted by molar-refractivity contribution is 7.98. The van der Waals surface area contributed by atoms with Crippen molar-refractivity contribution in [2.45, 2.75) is 37.7 Å². The lowest BCUT2D eigenvalue weighted by atomic mass is 9.95. The van der Waals surface area contributed by atoms with E-state index in [1.165, 1.54) is 29.5 Å². The lowest BCUT2D eigenvalue weighted by molar-refractivity contribution is -0.113. The second-order valence-electron chi connectivity index (χ2n) is 8.83. The van der Waals surface area contributed by atoms with Crippen LogP contribution < -0.4 is 10.6 Å². The molecule has 4 aromatic rings. The van der Waals surface area contributed by atoms with Crippen molar-refractivity contribution < 1.29 is 9.18 Å². The summed E-state index contributed by atoms with van der Waals surface area (Å²) in [6.45, 7) is 5.83. The first-order valence-corrected chi connectivity index (χ1v) is 12.6. The molecule has 0 radical (unpaired) electrons. The highest BCUT2D eigenvalue weighted by Gasteiger charge is 2.34. The van der Waals surface area contributed by atoms with Gasteiger partial charge in [0.15, 0.2) is 0 Å². The molecule has 1 unspecified atom stereocenters. The van der Waals surface area contributed by atoms with Gasteiger partial charge in [-0.3, -0.25) is 4.79 Å². The minimum Gasteiger partial charge on any atom is -0.328 e. The molecule has 1 amide bonds. The average Bonchev–Trinajstić information content (AvgIpc) is 3.27. The molecule has 36 heavy (non-hydrogen) atoms. The number of halogens is 1.